The van der Waals surface area contributed by atoms with Gasteiger partial charge in [-0.2, -0.15) is 0 Å². The Hall–Kier alpha value is -3.02. The number of hydrogen-bond acceptors (Lipinski definition) is 4. The maximum Gasteiger partial charge on any atom is 0.228 e. The van der Waals surface area contributed by atoms with Gasteiger partial charge in [0, 0.05) is 36.8 Å². The number of anilines is 1. The Bertz CT molecular complexity index is 962. The van der Waals surface area contributed by atoms with E-state index < -0.39 is 0 Å². The Kier molecular flexibility index (Phi) is 4.94. The second-order valence-corrected chi connectivity index (χ2v) is 8.05. The number of phenols is 1. The minimum absolute atomic E-state index is 0.00482. The first-order chi connectivity index (χ1) is 13.8. The summed E-state index contributed by atoms with van der Waals surface area (Å²) in [6.45, 7) is 7.71. The van der Waals surface area contributed by atoms with Crippen LogP contribution in [-0.4, -0.2) is 41.5 Å². The van der Waals surface area contributed by atoms with Crippen molar-refractivity contribution in [3.05, 3.63) is 52.6 Å². The van der Waals surface area contributed by atoms with E-state index in [-0.39, 0.29) is 29.9 Å². The van der Waals surface area contributed by atoms with Gasteiger partial charge in [-0.05, 0) is 44.0 Å². The van der Waals surface area contributed by atoms with Gasteiger partial charge in [0.05, 0.1) is 12.5 Å². The van der Waals surface area contributed by atoms with Gasteiger partial charge in [0.25, 0.3) is 0 Å². The molecule has 2 aliphatic rings. The van der Waals surface area contributed by atoms with E-state index in [9.17, 15) is 14.7 Å². The van der Waals surface area contributed by atoms with Gasteiger partial charge < -0.3 is 19.6 Å². The quantitative estimate of drug-likeness (QED) is 0.850. The van der Waals surface area contributed by atoms with E-state index in [0.29, 0.717) is 32.0 Å². The monoisotopic (exact) mass is 394 g/mol. The van der Waals surface area contributed by atoms with Crippen LogP contribution in [0.1, 0.15) is 28.7 Å². The number of carbonyl (C=O) groups excluding carboxylic acids is 2. The van der Waals surface area contributed by atoms with Gasteiger partial charge in [-0.25, -0.2) is 0 Å². The van der Waals surface area contributed by atoms with E-state index in [1.165, 1.54) is 0 Å². The highest BCUT2D eigenvalue weighted by atomic mass is 16.5. The highest BCUT2D eigenvalue weighted by Gasteiger charge is 2.38. The van der Waals surface area contributed by atoms with Crippen LogP contribution < -0.4 is 9.64 Å². The number of aromatic hydroxyl groups is 1. The maximum absolute atomic E-state index is 13.2. The van der Waals surface area contributed by atoms with Gasteiger partial charge in [-0.1, -0.05) is 17.7 Å². The van der Waals surface area contributed by atoms with Crippen LogP contribution >= 0.6 is 0 Å². The third-order valence-corrected chi connectivity index (χ3v) is 5.72. The number of carbonyl (C=O) groups is 2. The minimum Gasteiger partial charge on any atom is -0.508 e. The van der Waals surface area contributed by atoms with Crippen LogP contribution in [0.3, 0.4) is 0 Å². The third-order valence-electron chi connectivity index (χ3n) is 5.72. The molecule has 1 atom stereocenters. The van der Waals surface area contributed by atoms with Crippen LogP contribution in [0, 0.1) is 26.7 Å². The number of hydrogen-bond donors (Lipinski definition) is 1. The van der Waals surface area contributed by atoms with Crippen molar-refractivity contribution >= 4 is 17.5 Å². The topological polar surface area (TPSA) is 70.1 Å². The zero-order chi connectivity index (χ0) is 20.7. The first-order valence-corrected chi connectivity index (χ1v) is 9.95. The van der Waals surface area contributed by atoms with Gasteiger partial charge in [0.15, 0.2) is 0 Å². The molecule has 2 aromatic rings. The average Bonchev–Trinajstić information content (AvgIpc) is 2.90. The number of benzene rings is 2. The summed E-state index contributed by atoms with van der Waals surface area (Å²) in [4.78, 5) is 29.5. The molecule has 29 heavy (non-hydrogen) atoms. The molecule has 0 saturated carbocycles. The first-order valence-electron chi connectivity index (χ1n) is 9.95. The third kappa shape index (κ3) is 3.67. The number of phenolic OH excluding ortho intramolecular Hbond substituents is 1. The van der Waals surface area contributed by atoms with E-state index in [0.717, 1.165) is 27.9 Å². The zero-order valence-corrected chi connectivity index (χ0v) is 17.1. The molecule has 1 N–H and O–H groups in total. The molecule has 0 bridgehead atoms. The molecular weight excluding hydrogens is 368 g/mol. The van der Waals surface area contributed by atoms with Gasteiger partial charge in [-0.3, -0.25) is 9.59 Å². The summed E-state index contributed by atoms with van der Waals surface area (Å²) < 4.78 is 5.70. The van der Waals surface area contributed by atoms with Gasteiger partial charge in [-0.15, -0.1) is 0 Å². The Labute approximate surface area is 170 Å². The molecular formula is C23H26N2O4. The van der Waals surface area contributed by atoms with Crippen molar-refractivity contribution in [3.63, 3.8) is 0 Å². The Morgan fingerprint density at radius 1 is 1.14 bits per heavy atom. The van der Waals surface area contributed by atoms with Crippen molar-refractivity contribution < 1.29 is 19.4 Å². The van der Waals surface area contributed by atoms with Crippen molar-refractivity contribution in [1.29, 1.82) is 0 Å². The lowest BCUT2D eigenvalue weighted by atomic mass is 10.0. The summed E-state index contributed by atoms with van der Waals surface area (Å²) in [5.74, 6) is 0.364. The SMILES string of the molecule is Cc1cc(C)c(N2CC(C(=O)N3CCOc4cc(O)ccc4C3)CC2=O)c(C)c1. The van der Waals surface area contributed by atoms with Crippen molar-refractivity contribution in [3.8, 4) is 11.5 Å². The van der Waals surface area contributed by atoms with Crippen molar-refractivity contribution in [2.45, 2.75) is 33.7 Å². The second-order valence-electron chi connectivity index (χ2n) is 8.05. The zero-order valence-electron chi connectivity index (χ0n) is 17.1. The molecule has 2 aromatic carbocycles. The number of ether oxygens (including phenoxy) is 1. The predicted molar refractivity (Wildman–Crippen MR) is 110 cm³/mol. The van der Waals surface area contributed by atoms with Crippen molar-refractivity contribution in [2.75, 3.05) is 24.6 Å². The molecule has 2 aliphatic heterocycles. The predicted octanol–water partition coefficient (Wildman–Crippen LogP) is 3.09. The molecule has 0 aromatic heterocycles. The summed E-state index contributed by atoms with van der Waals surface area (Å²) in [7, 11) is 0. The molecule has 2 heterocycles. The second kappa shape index (κ2) is 7.43. The van der Waals surface area contributed by atoms with E-state index in [4.69, 9.17) is 4.74 Å². The largest absolute Gasteiger partial charge is 0.508 e. The molecule has 2 amide bonds. The molecule has 0 radical (unpaired) electrons. The molecule has 6 nitrogen and oxygen atoms in total. The van der Waals surface area contributed by atoms with Gasteiger partial charge in [0.2, 0.25) is 11.8 Å². The fourth-order valence-corrected chi connectivity index (χ4v) is 4.49. The first kappa shape index (κ1) is 19.3. The standard InChI is InChI=1S/C23H26N2O4/c1-14-8-15(2)22(16(3)9-14)25-13-18(10-21(25)27)23(28)24-6-7-29-20-11-19(26)5-4-17(20)12-24/h4-5,8-9,11,18,26H,6-7,10,12-13H2,1-3H3. The lowest BCUT2D eigenvalue weighted by Gasteiger charge is -2.25. The molecule has 1 unspecified atom stereocenters. The lowest BCUT2D eigenvalue weighted by molar-refractivity contribution is -0.136. The molecule has 1 fully saturated rings. The van der Waals surface area contributed by atoms with Crippen LogP contribution in [0.5, 0.6) is 11.5 Å². The molecule has 152 valence electrons. The lowest BCUT2D eigenvalue weighted by Crippen LogP contribution is -2.38. The van der Waals surface area contributed by atoms with Crippen LogP contribution in [-0.2, 0) is 16.1 Å². The summed E-state index contributed by atoms with van der Waals surface area (Å²) in [5.41, 5.74) is 5.06. The van der Waals surface area contributed by atoms with Crippen LogP contribution in [0.4, 0.5) is 5.69 Å². The number of nitrogens with zero attached hydrogens (tertiary/aromatic N) is 2. The molecule has 6 heteroatoms. The Morgan fingerprint density at radius 2 is 1.86 bits per heavy atom. The summed E-state index contributed by atoms with van der Waals surface area (Å²) in [5, 5.41) is 9.65. The van der Waals surface area contributed by atoms with E-state index in [1.807, 2.05) is 20.8 Å². The van der Waals surface area contributed by atoms with Crippen molar-refractivity contribution in [1.82, 2.24) is 4.90 Å². The number of fused-ring (bicyclic) bond motifs is 1. The molecule has 1 saturated heterocycles. The van der Waals surface area contributed by atoms with E-state index in [2.05, 4.69) is 12.1 Å². The fraction of sp³-hybridized carbons (Fsp3) is 0.391. The fourth-order valence-electron chi connectivity index (χ4n) is 4.49. The summed E-state index contributed by atoms with van der Waals surface area (Å²) in [6, 6.07) is 9.10. The highest BCUT2D eigenvalue weighted by molar-refractivity contribution is 6.01. The van der Waals surface area contributed by atoms with Crippen LogP contribution in [0.2, 0.25) is 0 Å². The number of rotatable bonds is 2. The Morgan fingerprint density at radius 3 is 2.59 bits per heavy atom. The van der Waals surface area contributed by atoms with Crippen molar-refractivity contribution in [2.24, 2.45) is 5.92 Å². The van der Waals surface area contributed by atoms with E-state index >= 15 is 0 Å². The average molecular weight is 394 g/mol. The smallest absolute Gasteiger partial charge is 0.228 e. The van der Waals surface area contributed by atoms with Crippen LogP contribution in [0.25, 0.3) is 0 Å². The van der Waals surface area contributed by atoms with E-state index in [1.54, 1.807) is 28.0 Å². The molecule has 0 aliphatic carbocycles. The van der Waals surface area contributed by atoms with Gasteiger partial charge in [0.1, 0.15) is 18.1 Å². The number of amides is 2. The summed E-state index contributed by atoms with van der Waals surface area (Å²) in [6.07, 6.45) is 0.228. The summed E-state index contributed by atoms with van der Waals surface area (Å²) >= 11 is 0. The Balaban J connectivity index is 1.53. The highest BCUT2D eigenvalue weighted by Crippen LogP contribution is 2.33. The normalized spacial score (nSPS) is 19.0. The minimum atomic E-state index is -0.360. The van der Waals surface area contributed by atoms with Crippen LogP contribution in [0.15, 0.2) is 30.3 Å². The maximum atomic E-state index is 13.2. The molecule has 4 rings (SSSR count). The number of aryl methyl sites for hydroxylation is 3. The molecule has 0 spiro atoms. The van der Waals surface area contributed by atoms with Gasteiger partial charge >= 0.3 is 0 Å².